The van der Waals surface area contributed by atoms with Crippen LogP contribution in [0.4, 0.5) is 0 Å². The van der Waals surface area contributed by atoms with Crippen molar-refractivity contribution in [1.29, 1.82) is 0 Å². The predicted molar refractivity (Wildman–Crippen MR) is 86.6 cm³/mol. The van der Waals surface area contributed by atoms with Gasteiger partial charge in [-0.25, -0.2) is 0 Å². The smallest absolute Gasteiger partial charge is 0.261 e. The molecular formula is C15H17BrN2O2S. The maximum Gasteiger partial charge on any atom is 0.261 e. The van der Waals surface area contributed by atoms with E-state index in [-0.39, 0.29) is 11.9 Å². The zero-order valence-corrected chi connectivity index (χ0v) is 14.0. The van der Waals surface area contributed by atoms with Gasteiger partial charge in [-0.3, -0.25) is 9.69 Å². The maximum atomic E-state index is 12.2. The van der Waals surface area contributed by atoms with Crippen LogP contribution in [0.1, 0.15) is 34.3 Å². The topological polar surface area (TPSA) is 45.5 Å². The third-order valence-corrected chi connectivity index (χ3v) is 5.33. The Bertz CT molecular complexity index is 591. The molecule has 0 radical (unpaired) electrons. The molecule has 21 heavy (non-hydrogen) atoms. The molecule has 0 bridgehead atoms. The highest BCUT2D eigenvalue weighted by Crippen LogP contribution is 2.26. The molecular weight excluding hydrogens is 352 g/mol. The van der Waals surface area contributed by atoms with Gasteiger partial charge in [0.2, 0.25) is 0 Å². The largest absolute Gasteiger partial charge is 0.468 e. The summed E-state index contributed by atoms with van der Waals surface area (Å²) in [7, 11) is 0. The average molecular weight is 369 g/mol. The van der Waals surface area contributed by atoms with Crippen molar-refractivity contribution in [2.75, 3.05) is 19.6 Å². The fraction of sp³-hybridized carbons (Fsp3) is 0.400. The van der Waals surface area contributed by atoms with Gasteiger partial charge < -0.3 is 9.73 Å². The summed E-state index contributed by atoms with van der Waals surface area (Å²) in [6, 6.07) is 7.73. The lowest BCUT2D eigenvalue weighted by molar-refractivity contribution is 0.0938. The molecule has 0 spiro atoms. The van der Waals surface area contributed by atoms with Gasteiger partial charge in [0.05, 0.1) is 21.0 Å². The molecule has 1 atom stereocenters. The Morgan fingerprint density at radius 3 is 2.81 bits per heavy atom. The van der Waals surface area contributed by atoms with E-state index in [9.17, 15) is 4.79 Å². The molecule has 1 N–H and O–H groups in total. The third kappa shape index (κ3) is 3.56. The highest BCUT2D eigenvalue weighted by molar-refractivity contribution is 9.11. The average Bonchev–Trinajstić information content (AvgIpc) is 3.21. The number of hydrogen-bond donors (Lipinski definition) is 1. The molecule has 0 aliphatic carbocycles. The maximum absolute atomic E-state index is 12.2. The molecule has 2 aromatic rings. The first kappa shape index (κ1) is 14.8. The van der Waals surface area contributed by atoms with Gasteiger partial charge in [0.15, 0.2) is 0 Å². The molecule has 1 aliphatic heterocycles. The van der Waals surface area contributed by atoms with E-state index in [0.29, 0.717) is 6.54 Å². The minimum absolute atomic E-state index is 0.0264. The van der Waals surface area contributed by atoms with Gasteiger partial charge in [0.25, 0.3) is 5.91 Å². The van der Waals surface area contributed by atoms with Crippen molar-refractivity contribution in [3.63, 3.8) is 0 Å². The zero-order valence-electron chi connectivity index (χ0n) is 11.5. The van der Waals surface area contributed by atoms with E-state index < -0.39 is 0 Å². The van der Waals surface area contributed by atoms with Gasteiger partial charge in [-0.2, -0.15) is 0 Å². The number of thiophene rings is 1. The minimum Gasteiger partial charge on any atom is -0.468 e. The van der Waals surface area contributed by atoms with Crippen LogP contribution >= 0.6 is 27.3 Å². The number of carbonyl (C=O) groups is 1. The van der Waals surface area contributed by atoms with Gasteiger partial charge in [-0.05, 0) is 66.1 Å². The van der Waals surface area contributed by atoms with Crippen LogP contribution in [0.5, 0.6) is 0 Å². The number of furan rings is 1. The number of carbonyl (C=O) groups excluding carboxylic acids is 1. The van der Waals surface area contributed by atoms with E-state index in [1.165, 1.54) is 24.2 Å². The minimum atomic E-state index is -0.0264. The normalized spacial score (nSPS) is 17.0. The van der Waals surface area contributed by atoms with E-state index in [0.717, 1.165) is 27.5 Å². The van der Waals surface area contributed by atoms with Crippen molar-refractivity contribution in [2.45, 2.75) is 18.9 Å². The fourth-order valence-electron chi connectivity index (χ4n) is 2.66. The van der Waals surface area contributed by atoms with Gasteiger partial charge in [-0.1, -0.05) is 0 Å². The second kappa shape index (κ2) is 6.77. The molecule has 2 aromatic heterocycles. The van der Waals surface area contributed by atoms with Crippen molar-refractivity contribution < 1.29 is 9.21 Å². The van der Waals surface area contributed by atoms with Crippen molar-refractivity contribution >= 4 is 33.2 Å². The molecule has 1 saturated heterocycles. The summed E-state index contributed by atoms with van der Waals surface area (Å²) in [6.45, 7) is 2.69. The molecule has 3 heterocycles. The number of hydrogen-bond acceptors (Lipinski definition) is 4. The van der Waals surface area contributed by atoms with E-state index in [2.05, 4.69) is 26.1 Å². The standard InChI is InChI=1S/C15H17BrN2O2S/c16-14-6-5-13(21-14)15(19)17-10-11(12-4-3-9-20-12)18-7-1-2-8-18/h3-6,9,11H,1-2,7-8,10H2,(H,17,19). The molecule has 3 rings (SSSR count). The van der Waals surface area contributed by atoms with Gasteiger partial charge in [-0.15, -0.1) is 11.3 Å². The van der Waals surface area contributed by atoms with Crippen molar-refractivity contribution in [1.82, 2.24) is 10.2 Å². The second-order valence-corrected chi connectivity index (χ2v) is 7.55. The fourth-order valence-corrected chi connectivity index (χ4v) is 3.96. The van der Waals surface area contributed by atoms with Crippen molar-refractivity contribution in [3.8, 4) is 0 Å². The predicted octanol–water partition coefficient (Wildman–Crippen LogP) is 3.67. The number of nitrogens with one attached hydrogen (secondary N) is 1. The first-order chi connectivity index (χ1) is 10.2. The number of amides is 1. The van der Waals surface area contributed by atoms with E-state index in [1.54, 1.807) is 6.26 Å². The van der Waals surface area contributed by atoms with Crippen LogP contribution in [0.3, 0.4) is 0 Å². The van der Waals surface area contributed by atoms with Crippen molar-refractivity contribution in [2.24, 2.45) is 0 Å². The number of halogens is 1. The molecule has 0 aromatic carbocycles. The summed E-state index contributed by atoms with van der Waals surface area (Å²) in [4.78, 5) is 15.3. The first-order valence-corrected chi connectivity index (χ1v) is 8.66. The van der Waals surface area contributed by atoms with Gasteiger partial charge >= 0.3 is 0 Å². The van der Waals surface area contributed by atoms with Crippen LogP contribution in [0, 0.1) is 0 Å². The molecule has 1 amide bonds. The number of rotatable bonds is 5. The Labute approximate surface area is 136 Å². The summed E-state index contributed by atoms with van der Waals surface area (Å²) in [5, 5.41) is 3.03. The van der Waals surface area contributed by atoms with E-state index >= 15 is 0 Å². The Kier molecular flexibility index (Phi) is 4.77. The van der Waals surface area contributed by atoms with Crippen LogP contribution in [0.25, 0.3) is 0 Å². The van der Waals surface area contributed by atoms with E-state index in [4.69, 9.17) is 4.42 Å². The molecule has 6 heteroatoms. The SMILES string of the molecule is O=C(NCC(c1ccco1)N1CCCC1)c1ccc(Br)s1. The molecule has 1 fully saturated rings. The third-order valence-electron chi connectivity index (χ3n) is 3.71. The van der Waals surface area contributed by atoms with Crippen LogP contribution in [0.2, 0.25) is 0 Å². The lowest BCUT2D eigenvalue weighted by Gasteiger charge is -2.25. The highest BCUT2D eigenvalue weighted by atomic mass is 79.9. The molecule has 1 aliphatic rings. The van der Waals surface area contributed by atoms with E-state index in [1.807, 2.05) is 24.3 Å². The van der Waals surface area contributed by atoms with Gasteiger partial charge in [0, 0.05) is 6.54 Å². The lowest BCUT2D eigenvalue weighted by atomic mass is 10.2. The molecule has 1 unspecified atom stereocenters. The Hall–Kier alpha value is -1.11. The highest BCUT2D eigenvalue weighted by Gasteiger charge is 2.26. The second-order valence-electron chi connectivity index (χ2n) is 5.09. The molecule has 112 valence electrons. The summed E-state index contributed by atoms with van der Waals surface area (Å²) in [6.07, 6.45) is 4.11. The summed E-state index contributed by atoms with van der Waals surface area (Å²) in [5.74, 6) is 0.894. The first-order valence-electron chi connectivity index (χ1n) is 7.05. The lowest BCUT2D eigenvalue weighted by Crippen LogP contribution is -2.36. The monoisotopic (exact) mass is 368 g/mol. The number of likely N-dealkylation sites (tertiary alicyclic amines) is 1. The number of nitrogens with zero attached hydrogens (tertiary/aromatic N) is 1. The summed E-state index contributed by atoms with van der Waals surface area (Å²) < 4.78 is 6.52. The summed E-state index contributed by atoms with van der Waals surface area (Å²) in [5.41, 5.74) is 0. The van der Waals surface area contributed by atoms with Crippen LogP contribution in [-0.2, 0) is 0 Å². The summed E-state index contributed by atoms with van der Waals surface area (Å²) >= 11 is 4.83. The van der Waals surface area contributed by atoms with Crippen LogP contribution in [0.15, 0.2) is 38.7 Å². The van der Waals surface area contributed by atoms with Gasteiger partial charge in [0.1, 0.15) is 5.76 Å². The quantitative estimate of drug-likeness (QED) is 0.875. The van der Waals surface area contributed by atoms with Crippen LogP contribution < -0.4 is 5.32 Å². The van der Waals surface area contributed by atoms with Crippen molar-refractivity contribution in [3.05, 3.63) is 45.0 Å². The zero-order chi connectivity index (χ0) is 14.7. The Morgan fingerprint density at radius 1 is 1.38 bits per heavy atom. The Balaban J connectivity index is 1.66. The Morgan fingerprint density at radius 2 is 2.19 bits per heavy atom. The molecule has 0 saturated carbocycles. The van der Waals surface area contributed by atoms with Crippen LogP contribution in [-0.4, -0.2) is 30.4 Å². The molecule has 4 nitrogen and oxygen atoms in total.